The third-order valence-electron chi connectivity index (χ3n) is 5.89. The summed E-state index contributed by atoms with van der Waals surface area (Å²) < 4.78 is 8.18. The van der Waals surface area contributed by atoms with Crippen molar-refractivity contribution in [3.8, 4) is 28.1 Å². The van der Waals surface area contributed by atoms with Crippen LogP contribution in [0.25, 0.3) is 22.4 Å². The van der Waals surface area contributed by atoms with Crippen LogP contribution in [0.15, 0.2) is 48.8 Å². The molecular formula is C25H25N5O. The average Bonchev–Trinajstić information content (AvgIpc) is 3.08. The zero-order valence-electron chi connectivity index (χ0n) is 18.0. The number of rotatable bonds is 1. The van der Waals surface area contributed by atoms with Crippen LogP contribution in [0.5, 0.6) is 5.75 Å². The van der Waals surface area contributed by atoms with Gasteiger partial charge in [0.15, 0.2) is 11.6 Å². The molecule has 6 nitrogen and oxygen atoms in total. The molecule has 0 atom stereocenters. The highest BCUT2D eigenvalue weighted by Gasteiger charge is 2.22. The summed E-state index contributed by atoms with van der Waals surface area (Å²) in [5, 5.41) is 4.80. The first-order valence-corrected chi connectivity index (χ1v) is 10.5. The van der Waals surface area contributed by atoms with Gasteiger partial charge in [-0.25, -0.2) is 4.98 Å². The molecule has 0 aliphatic carbocycles. The summed E-state index contributed by atoms with van der Waals surface area (Å²) in [5.41, 5.74) is 15.8. The lowest BCUT2D eigenvalue weighted by Crippen LogP contribution is -2.07. The van der Waals surface area contributed by atoms with Crippen LogP contribution in [0.3, 0.4) is 0 Å². The fourth-order valence-electron chi connectivity index (χ4n) is 4.34. The Balaban J connectivity index is 1.81. The van der Waals surface area contributed by atoms with Gasteiger partial charge >= 0.3 is 0 Å². The minimum absolute atomic E-state index is 0.386. The molecule has 5 rings (SSSR count). The first-order chi connectivity index (χ1) is 15.0. The summed E-state index contributed by atoms with van der Waals surface area (Å²) in [6.45, 7) is 4.60. The topological polar surface area (TPSA) is 78.9 Å². The summed E-state index contributed by atoms with van der Waals surface area (Å²) >= 11 is 0. The second kappa shape index (κ2) is 7.54. The van der Waals surface area contributed by atoms with Crippen LogP contribution in [0, 0.1) is 6.92 Å². The predicted octanol–water partition coefficient (Wildman–Crippen LogP) is 4.48. The highest BCUT2D eigenvalue weighted by molar-refractivity contribution is 5.74. The highest BCUT2D eigenvalue weighted by atomic mass is 16.5. The maximum Gasteiger partial charge on any atom is 0.166 e. The van der Waals surface area contributed by atoms with Gasteiger partial charge in [-0.3, -0.25) is 9.67 Å². The third kappa shape index (κ3) is 3.34. The molecule has 0 saturated heterocycles. The largest absolute Gasteiger partial charge is 0.485 e. The van der Waals surface area contributed by atoms with Gasteiger partial charge in [0.2, 0.25) is 0 Å². The van der Waals surface area contributed by atoms with E-state index in [1.54, 1.807) is 0 Å². The van der Waals surface area contributed by atoms with E-state index in [2.05, 4.69) is 43.1 Å². The van der Waals surface area contributed by atoms with E-state index < -0.39 is 0 Å². The van der Waals surface area contributed by atoms with E-state index in [0.29, 0.717) is 18.2 Å². The molecule has 0 fully saturated rings. The molecule has 31 heavy (non-hydrogen) atoms. The van der Waals surface area contributed by atoms with E-state index in [1.165, 1.54) is 5.56 Å². The van der Waals surface area contributed by atoms with Crippen molar-refractivity contribution in [2.45, 2.75) is 33.3 Å². The molecule has 4 heterocycles. The number of benzene rings is 1. The fourth-order valence-corrected chi connectivity index (χ4v) is 4.34. The molecule has 0 unspecified atom stereocenters. The van der Waals surface area contributed by atoms with Crippen LogP contribution in [-0.4, -0.2) is 19.7 Å². The zero-order chi connectivity index (χ0) is 21.5. The van der Waals surface area contributed by atoms with Crippen LogP contribution >= 0.6 is 0 Å². The van der Waals surface area contributed by atoms with Gasteiger partial charge in [-0.15, -0.1) is 0 Å². The molecule has 0 spiro atoms. The number of nitrogen functional groups attached to an aromatic ring is 1. The molecule has 1 aliphatic rings. The van der Waals surface area contributed by atoms with Crippen molar-refractivity contribution < 1.29 is 4.74 Å². The normalized spacial score (nSPS) is 12.6. The molecular weight excluding hydrogens is 386 g/mol. The van der Waals surface area contributed by atoms with Crippen molar-refractivity contribution in [1.29, 1.82) is 0 Å². The lowest BCUT2D eigenvalue weighted by Gasteiger charge is -2.18. The quantitative estimate of drug-likeness (QED) is 0.500. The van der Waals surface area contributed by atoms with Gasteiger partial charge in [0.25, 0.3) is 0 Å². The first kappa shape index (κ1) is 19.3. The zero-order valence-corrected chi connectivity index (χ0v) is 18.0. The summed E-state index contributed by atoms with van der Waals surface area (Å²) in [7, 11) is 2.00. The van der Waals surface area contributed by atoms with Crippen molar-refractivity contribution >= 4 is 5.82 Å². The Bertz CT molecular complexity index is 1290. The Kier molecular flexibility index (Phi) is 4.70. The van der Waals surface area contributed by atoms with E-state index in [0.717, 1.165) is 57.7 Å². The van der Waals surface area contributed by atoms with Crippen LogP contribution in [-0.2, 0) is 26.5 Å². The minimum Gasteiger partial charge on any atom is -0.485 e. The van der Waals surface area contributed by atoms with Crippen LogP contribution in [0.1, 0.15) is 35.0 Å². The number of pyridine rings is 2. The van der Waals surface area contributed by atoms with Crippen LogP contribution in [0.2, 0.25) is 0 Å². The number of hydrogen-bond donors (Lipinski definition) is 1. The predicted molar refractivity (Wildman–Crippen MR) is 122 cm³/mol. The van der Waals surface area contributed by atoms with Gasteiger partial charge in [-0.2, -0.15) is 5.10 Å². The second-order valence-corrected chi connectivity index (χ2v) is 7.99. The number of ether oxygens (including phenoxy) is 1. The van der Waals surface area contributed by atoms with Crippen molar-refractivity contribution in [1.82, 2.24) is 19.7 Å². The lowest BCUT2D eigenvalue weighted by molar-refractivity contribution is 0.307. The van der Waals surface area contributed by atoms with E-state index >= 15 is 0 Å². The number of nitrogens with zero attached hydrogens (tertiary/aromatic N) is 4. The molecule has 1 aliphatic heterocycles. The standard InChI is InChI=1S/C25H25N5O/c1-4-20-23-17-12-22(25(26)28-13-17)31-14-18-10-15(2)7-8-19(18)24-16(6-5-9-27-24)11-21(23)30(3)29-20/h5-10,12-13H,4,11,14H2,1-3H3,(H2,26,28). The SMILES string of the molecule is CCc1nn(C)c2c1-c1cnc(N)c(c1)OCc1cc(C)ccc1-c1ncccc1C2. The number of anilines is 1. The van der Waals surface area contributed by atoms with Crippen molar-refractivity contribution in [3.05, 3.63) is 76.9 Å². The third-order valence-corrected chi connectivity index (χ3v) is 5.89. The number of fused-ring (bicyclic) bond motifs is 7. The van der Waals surface area contributed by atoms with E-state index in [4.69, 9.17) is 20.6 Å². The van der Waals surface area contributed by atoms with Crippen molar-refractivity contribution in [2.75, 3.05) is 5.73 Å². The molecule has 2 N–H and O–H groups in total. The smallest absolute Gasteiger partial charge is 0.166 e. The molecule has 1 aromatic carbocycles. The highest BCUT2D eigenvalue weighted by Crippen LogP contribution is 2.36. The number of aryl methyl sites for hydroxylation is 3. The van der Waals surface area contributed by atoms with Gasteiger partial charge in [0, 0.05) is 42.6 Å². The molecule has 0 amide bonds. The molecule has 156 valence electrons. The molecule has 0 radical (unpaired) electrons. The number of aromatic nitrogens is 4. The minimum atomic E-state index is 0.386. The molecule has 6 heteroatoms. The monoisotopic (exact) mass is 411 g/mol. The van der Waals surface area contributed by atoms with Gasteiger partial charge in [0.05, 0.1) is 17.1 Å². The molecule has 3 aromatic heterocycles. The van der Waals surface area contributed by atoms with Gasteiger partial charge in [-0.05, 0) is 36.6 Å². The first-order valence-electron chi connectivity index (χ1n) is 10.5. The molecule has 4 aromatic rings. The van der Waals surface area contributed by atoms with Crippen LogP contribution in [0.4, 0.5) is 5.82 Å². The number of hydrogen-bond acceptors (Lipinski definition) is 5. The van der Waals surface area contributed by atoms with E-state index in [-0.39, 0.29) is 0 Å². The maximum atomic E-state index is 6.20. The number of nitrogens with two attached hydrogens (primary N) is 1. The summed E-state index contributed by atoms with van der Waals surface area (Å²) in [5.74, 6) is 0.973. The Morgan fingerprint density at radius 1 is 1.13 bits per heavy atom. The Morgan fingerprint density at radius 3 is 2.84 bits per heavy atom. The van der Waals surface area contributed by atoms with E-state index in [1.807, 2.05) is 36.3 Å². The van der Waals surface area contributed by atoms with Gasteiger partial charge in [0.1, 0.15) is 6.61 Å². The Hall–Kier alpha value is -3.67. The van der Waals surface area contributed by atoms with E-state index in [9.17, 15) is 0 Å². The fraction of sp³-hybridized carbons (Fsp3) is 0.240. The van der Waals surface area contributed by atoms with Crippen molar-refractivity contribution in [3.63, 3.8) is 0 Å². The Morgan fingerprint density at radius 2 is 2.00 bits per heavy atom. The second-order valence-electron chi connectivity index (χ2n) is 7.99. The van der Waals surface area contributed by atoms with Crippen LogP contribution < -0.4 is 10.5 Å². The Labute approximate surface area is 181 Å². The lowest BCUT2D eigenvalue weighted by atomic mass is 9.94. The summed E-state index contributed by atoms with van der Waals surface area (Å²) in [6, 6.07) is 12.5. The van der Waals surface area contributed by atoms with Gasteiger partial charge in [-0.1, -0.05) is 36.8 Å². The van der Waals surface area contributed by atoms with Gasteiger partial charge < -0.3 is 10.5 Å². The molecule has 0 saturated carbocycles. The van der Waals surface area contributed by atoms with Crippen molar-refractivity contribution in [2.24, 2.45) is 7.05 Å². The molecule has 2 bridgehead atoms. The maximum absolute atomic E-state index is 6.20. The summed E-state index contributed by atoms with van der Waals surface area (Å²) in [6.07, 6.45) is 5.21. The average molecular weight is 412 g/mol. The summed E-state index contributed by atoms with van der Waals surface area (Å²) in [4.78, 5) is 9.21.